The molecule has 0 saturated carbocycles. The molecule has 0 fully saturated rings. The Balaban J connectivity index is 1.83. The van der Waals surface area contributed by atoms with Crippen molar-refractivity contribution >= 4 is 22.9 Å². The Morgan fingerprint density at radius 2 is 1.56 bits per heavy atom. The molecule has 0 heterocycles. The molecule has 0 atom stereocenters. The second-order valence-electron chi connectivity index (χ2n) is 5.34. The number of carbonyl (C=O) groups is 1. The van der Waals surface area contributed by atoms with E-state index >= 15 is 0 Å². The second-order valence-corrected chi connectivity index (χ2v) is 5.34. The number of hydrogen-bond acceptors (Lipinski definition) is 4. The number of methoxy groups -OCH3 is 2. The molecule has 1 N–H and O–H groups in total. The van der Waals surface area contributed by atoms with Crippen LogP contribution in [0, 0.1) is 0 Å². The van der Waals surface area contributed by atoms with E-state index in [0.717, 1.165) is 16.3 Å². The van der Waals surface area contributed by atoms with Crippen molar-refractivity contribution < 1.29 is 14.3 Å². The molecule has 0 radical (unpaired) electrons. The Hall–Kier alpha value is -3.34. The summed E-state index contributed by atoms with van der Waals surface area (Å²) in [6.07, 6.45) is 1.55. The maximum absolute atomic E-state index is 12.5. The van der Waals surface area contributed by atoms with Crippen LogP contribution in [-0.2, 0) is 0 Å². The van der Waals surface area contributed by atoms with Gasteiger partial charge in [0.1, 0.15) is 11.5 Å². The highest BCUT2D eigenvalue weighted by Crippen LogP contribution is 2.25. The van der Waals surface area contributed by atoms with Gasteiger partial charge in [-0.2, -0.15) is 5.10 Å². The summed E-state index contributed by atoms with van der Waals surface area (Å²) in [6, 6.07) is 18.8. The third-order valence-electron chi connectivity index (χ3n) is 3.82. The Kier molecular flexibility index (Phi) is 4.95. The number of nitrogens with zero attached hydrogens (tertiary/aromatic N) is 1. The van der Waals surface area contributed by atoms with E-state index in [0.29, 0.717) is 17.1 Å². The molecule has 0 aliphatic rings. The van der Waals surface area contributed by atoms with Crippen LogP contribution in [0.15, 0.2) is 65.8 Å². The van der Waals surface area contributed by atoms with Crippen LogP contribution in [0.25, 0.3) is 10.8 Å². The first-order valence-corrected chi connectivity index (χ1v) is 7.76. The minimum atomic E-state index is -0.339. The summed E-state index contributed by atoms with van der Waals surface area (Å²) in [6.45, 7) is 0. The van der Waals surface area contributed by atoms with Crippen LogP contribution in [0.1, 0.15) is 15.9 Å². The fourth-order valence-electron chi connectivity index (χ4n) is 2.56. The summed E-state index contributed by atoms with van der Waals surface area (Å²) in [5, 5.41) is 5.99. The molecule has 1 amide bonds. The largest absolute Gasteiger partial charge is 0.496 e. The first kappa shape index (κ1) is 16.5. The zero-order chi connectivity index (χ0) is 17.6. The highest BCUT2D eigenvalue weighted by Gasteiger charge is 2.13. The average Bonchev–Trinajstić information content (AvgIpc) is 2.67. The predicted molar refractivity (Wildman–Crippen MR) is 98.6 cm³/mol. The highest BCUT2D eigenvalue weighted by atomic mass is 16.5. The monoisotopic (exact) mass is 334 g/mol. The molecule has 5 heteroatoms. The lowest BCUT2D eigenvalue weighted by Gasteiger charge is -2.09. The highest BCUT2D eigenvalue weighted by molar-refractivity contribution is 6.02. The van der Waals surface area contributed by atoms with Gasteiger partial charge < -0.3 is 9.47 Å². The van der Waals surface area contributed by atoms with Crippen molar-refractivity contribution in [1.29, 1.82) is 0 Å². The SMILES string of the molecule is COc1ccccc1C=NNC(=O)c1cc2ccccc2cc1OC. The Bertz CT molecular complexity index is 935. The number of hydrazone groups is 1. The molecule has 0 aliphatic heterocycles. The number of nitrogens with one attached hydrogen (secondary N) is 1. The van der Waals surface area contributed by atoms with Crippen LogP contribution in [0.3, 0.4) is 0 Å². The van der Waals surface area contributed by atoms with Crippen LogP contribution in [0.4, 0.5) is 0 Å². The normalized spacial score (nSPS) is 10.8. The van der Waals surface area contributed by atoms with Crippen LogP contribution < -0.4 is 14.9 Å². The van der Waals surface area contributed by atoms with Gasteiger partial charge in [0.2, 0.25) is 0 Å². The van der Waals surface area contributed by atoms with Gasteiger partial charge in [0, 0.05) is 5.56 Å². The first-order valence-electron chi connectivity index (χ1n) is 7.76. The van der Waals surface area contributed by atoms with Crippen LogP contribution in [0.5, 0.6) is 11.5 Å². The van der Waals surface area contributed by atoms with Gasteiger partial charge in [0.25, 0.3) is 5.91 Å². The van der Waals surface area contributed by atoms with Crippen molar-refractivity contribution in [2.24, 2.45) is 5.10 Å². The van der Waals surface area contributed by atoms with Gasteiger partial charge >= 0.3 is 0 Å². The van der Waals surface area contributed by atoms with E-state index in [1.54, 1.807) is 26.5 Å². The van der Waals surface area contributed by atoms with Crippen molar-refractivity contribution in [2.45, 2.75) is 0 Å². The van der Waals surface area contributed by atoms with Gasteiger partial charge in [0.15, 0.2) is 0 Å². The molecule has 3 aromatic rings. The summed E-state index contributed by atoms with van der Waals surface area (Å²) in [5.41, 5.74) is 3.74. The lowest BCUT2D eigenvalue weighted by molar-refractivity contribution is 0.0952. The van der Waals surface area contributed by atoms with Gasteiger partial charge in [-0.25, -0.2) is 5.43 Å². The van der Waals surface area contributed by atoms with Crippen molar-refractivity contribution in [3.05, 3.63) is 71.8 Å². The summed E-state index contributed by atoms with van der Waals surface area (Å²) < 4.78 is 10.6. The molecule has 3 aromatic carbocycles. The van der Waals surface area contributed by atoms with Crippen molar-refractivity contribution in [3.8, 4) is 11.5 Å². The third-order valence-corrected chi connectivity index (χ3v) is 3.82. The van der Waals surface area contributed by atoms with E-state index < -0.39 is 0 Å². The summed E-state index contributed by atoms with van der Waals surface area (Å²) in [4.78, 5) is 12.5. The Morgan fingerprint density at radius 1 is 0.920 bits per heavy atom. The number of ether oxygens (including phenoxy) is 2. The average molecular weight is 334 g/mol. The number of hydrogen-bond donors (Lipinski definition) is 1. The van der Waals surface area contributed by atoms with Gasteiger partial charge in [-0.05, 0) is 35.0 Å². The second kappa shape index (κ2) is 7.49. The summed E-state index contributed by atoms with van der Waals surface area (Å²) in [7, 11) is 3.13. The molecular weight excluding hydrogens is 316 g/mol. The zero-order valence-electron chi connectivity index (χ0n) is 14.0. The summed E-state index contributed by atoms with van der Waals surface area (Å²) in [5.74, 6) is 0.848. The Morgan fingerprint density at radius 3 is 2.28 bits per heavy atom. The molecule has 5 nitrogen and oxygen atoms in total. The maximum atomic E-state index is 12.5. The minimum absolute atomic E-state index is 0.339. The molecular formula is C20H18N2O3. The fourth-order valence-corrected chi connectivity index (χ4v) is 2.56. The van der Waals surface area contributed by atoms with Crippen LogP contribution >= 0.6 is 0 Å². The third kappa shape index (κ3) is 3.61. The molecule has 0 aliphatic carbocycles. The standard InChI is InChI=1S/C20H18N2O3/c1-24-18-10-6-5-9-16(18)13-21-22-20(23)17-11-14-7-3-4-8-15(14)12-19(17)25-2/h3-13H,1-2H3,(H,22,23). The van der Waals surface area contributed by atoms with Crippen LogP contribution in [0.2, 0.25) is 0 Å². The summed E-state index contributed by atoms with van der Waals surface area (Å²) >= 11 is 0. The topological polar surface area (TPSA) is 59.9 Å². The van der Waals surface area contributed by atoms with Crippen molar-refractivity contribution in [3.63, 3.8) is 0 Å². The molecule has 3 rings (SSSR count). The van der Waals surface area contributed by atoms with Crippen molar-refractivity contribution in [1.82, 2.24) is 5.43 Å². The Labute approximate surface area is 145 Å². The number of para-hydroxylation sites is 1. The molecule has 0 spiro atoms. The van der Waals surface area contributed by atoms with E-state index in [9.17, 15) is 4.79 Å². The van der Waals surface area contributed by atoms with E-state index in [4.69, 9.17) is 9.47 Å². The predicted octanol–water partition coefficient (Wildman–Crippen LogP) is 3.62. The molecule has 0 unspecified atom stereocenters. The number of amides is 1. The van der Waals surface area contributed by atoms with Gasteiger partial charge in [-0.15, -0.1) is 0 Å². The lowest BCUT2D eigenvalue weighted by atomic mass is 10.1. The number of benzene rings is 3. The van der Waals surface area contributed by atoms with Crippen molar-refractivity contribution in [2.75, 3.05) is 14.2 Å². The van der Waals surface area contributed by atoms with E-state index in [2.05, 4.69) is 10.5 Å². The lowest BCUT2D eigenvalue weighted by Crippen LogP contribution is -2.18. The van der Waals surface area contributed by atoms with Gasteiger partial charge in [0.05, 0.1) is 26.0 Å². The van der Waals surface area contributed by atoms with E-state index in [-0.39, 0.29) is 5.91 Å². The number of rotatable bonds is 5. The smallest absolute Gasteiger partial charge is 0.275 e. The van der Waals surface area contributed by atoms with Crippen LogP contribution in [-0.4, -0.2) is 26.3 Å². The number of fused-ring (bicyclic) bond motifs is 1. The quantitative estimate of drug-likeness (QED) is 0.573. The zero-order valence-corrected chi connectivity index (χ0v) is 14.0. The molecule has 25 heavy (non-hydrogen) atoms. The van der Waals surface area contributed by atoms with E-state index in [1.165, 1.54) is 0 Å². The maximum Gasteiger partial charge on any atom is 0.275 e. The minimum Gasteiger partial charge on any atom is -0.496 e. The molecule has 0 aromatic heterocycles. The number of carbonyl (C=O) groups excluding carboxylic acids is 1. The van der Waals surface area contributed by atoms with E-state index in [1.807, 2.05) is 54.6 Å². The fraction of sp³-hybridized carbons (Fsp3) is 0.100. The molecule has 0 saturated heterocycles. The first-order chi connectivity index (χ1) is 12.2. The molecule has 0 bridgehead atoms. The van der Waals surface area contributed by atoms with Gasteiger partial charge in [-0.1, -0.05) is 36.4 Å². The van der Waals surface area contributed by atoms with Gasteiger partial charge in [-0.3, -0.25) is 4.79 Å². The molecule has 126 valence electrons.